The standard InChI is InChI=1S/C26H31Cl2N5O2/c1-5-6-21(35-26(2,3)4)16-34-23-10-9-20(32-24-22(27)15-31-25(28)33-24)12-18(23)8-7-17-11-19(29)14-30-13-17/h6,9-15H,5,7-8,16,29H2,1-4H3,(H,31,32,33)/b21-6+. The SMILES string of the molecule is CC/C=C(\COc1ccc(Nc2nc(Cl)ncc2Cl)cc1CCc1cncc(N)c1)OC(C)(C)C. The fourth-order valence-electron chi connectivity index (χ4n) is 3.39. The predicted octanol–water partition coefficient (Wildman–Crippen LogP) is 6.78. The third-order valence-corrected chi connectivity index (χ3v) is 5.23. The van der Waals surface area contributed by atoms with Gasteiger partial charge < -0.3 is 20.5 Å². The molecule has 0 unspecified atom stereocenters. The van der Waals surface area contributed by atoms with Crippen molar-refractivity contribution >= 4 is 40.4 Å². The van der Waals surface area contributed by atoms with Crippen LogP contribution in [0.25, 0.3) is 0 Å². The average molecular weight is 516 g/mol. The zero-order chi connectivity index (χ0) is 25.4. The first-order chi connectivity index (χ1) is 16.6. The number of hydrogen-bond acceptors (Lipinski definition) is 7. The van der Waals surface area contributed by atoms with Gasteiger partial charge in [0.2, 0.25) is 5.28 Å². The number of rotatable bonds is 10. The van der Waals surface area contributed by atoms with Crippen molar-refractivity contribution in [2.24, 2.45) is 0 Å². The van der Waals surface area contributed by atoms with Crippen LogP contribution >= 0.6 is 23.2 Å². The average Bonchev–Trinajstić information content (AvgIpc) is 2.78. The third-order valence-electron chi connectivity index (χ3n) is 4.78. The number of pyridine rings is 1. The van der Waals surface area contributed by atoms with Gasteiger partial charge in [0.15, 0.2) is 5.82 Å². The van der Waals surface area contributed by atoms with Crippen molar-refractivity contribution in [3.8, 4) is 5.75 Å². The highest BCUT2D eigenvalue weighted by atomic mass is 35.5. The summed E-state index contributed by atoms with van der Waals surface area (Å²) in [4.78, 5) is 12.3. The molecule has 0 radical (unpaired) electrons. The van der Waals surface area contributed by atoms with Crippen LogP contribution in [-0.4, -0.2) is 27.2 Å². The lowest BCUT2D eigenvalue weighted by molar-refractivity contribution is 0.0356. The molecule has 0 aliphatic rings. The van der Waals surface area contributed by atoms with Crippen molar-refractivity contribution < 1.29 is 9.47 Å². The Balaban J connectivity index is 1.84. The first-order valence-electron chi connectivity index (χ1n) is 11.4. The van der Waals surface area contributed by atoms with Gasteiger partial charge in [-0.2, -0.15) is 4.98 Å². The van der Waals surface area contributed by atoms with E-state index in [1.165, 1.54) is 6.20 Å². The molecular weight excluding hydrogens is 485 g/mol. The molecule has 0 spiro atoms. The minimum atomic E-state index is -0.306. The molecule has 3 aromatic rings. The topological polar surface area (TPSA) is 95.2 Å². The Labute approximate surface area is 216 Å². The number of nitrogens with zero attached hydrogens (tertiary/aromatic N) is 3. The Kier molecular flexibility index (Phi) is 9.18. The fraction of sp³-hybridized carbons (Fsp3) is 0.346. The van der Waals surface area contributed by atoms with Crippen molar-refractivity contribution in [2.75, 3.05) is 17.7 Å². The number of nitrogen functional groups attached to an aromatic ring is 1. The minimum absolute atomic E-state index is 0.111. The molecule has 0 aliphatic carbocycles. The molecule has 2 heterocycles. The van der Waals surface area contributed by atoms with Crippen LogP contribution in [-0.2, 0) is 17.6 Å². The smallest absolute Gasteiger partial charge is 0.224 e. The lowest BCUT2D eigenvalue weighted by Gasteiger charge is -2.24. The maximum atomic E-state index is 6.23. The molecular formula is C26H31Cl2N5O2. The first kappa shape index (κ1) is 26.6. The van der Waals surface area contributed by atoms with Crippen molar-refractivity contribution in [2.45, 2.75) is 52.6 Å². The summed E-state index contributed by atoms with van der Waals surface area (Å²) in [5.41, 5.74) is 9.07. The lowest BCUT2D eigenvalue weighted by Crippen LogP contribution is -2.21. The van der Waals surface area contributed by atoms with Gasteiger partial charge in [-0.15, -0.1) is 0 Å². The van der Waals surface area contributed by atoms with Crippen molar-refractivity contribution in [3.63, 3.8) is 0 Å². The van der Waals surface area contributed by atoms with Gasteiger partial charge in [0, 0.05) is 18.1 Å². The number of nitrogens with two attached hydrogens (primary N) is 1. The number of anilines is 3. The molecule has 0 atom stereocenters. The van der Waals surface area contributed by atoms with Crippen molar-refractivity contribution in [1.29, 1.82) is 0 Å². The number of halogens is 2. The number of aryl methyl sites for hydroxylation is 2. The number of aromatic nitrogens is 3. The van der Waals surface area contributed by atoms with E-state index in [0.717, 1.165) is 41.2 Å². The summed E-state index contributed by atoms with van der Waals surface area (Å²) in [6, 6.07) is 7.76. The molecule has 0 aliphatic heterocycles. The van der Waals surface area contributed by atoms with E-state index in [2.05, 4.69) is 27.2 Å². The predicted molar refractivity (Wildman–Crippen MR) is 143 cm³/mol. The molecule has 0 fully saturated rings. The van der Waals surface area contributed by atoms with Crippen LogP contribution in [0.15, 0.2) is 54.7 Å². The van der Waals surface area contributed by atoms with Crippen molar-refractivity contribution in [1.82, 2.24) is 15.0 Å². The molecule has 9 heteroatoms. The lowest BCUT2D eigenvalue weighted by atomic mass is 10.0. The number of nitrogens with one attached hydrogen (secondary N) is 1. The molecule has 35 heavy (non-hydrogen) atoms. The zero-order valence-electron chi connectivity index (χ0n) is 20.4. The molecule has 0 saturated carbocycles. The summed E-state index contributed by atoms with van der Waals surface area (Å²) < 4.78 is 12.3. The van der Waals surface area contributed by atoms with Gasteiger partial charge in [-0.25, -0.2) is 4.98 Å². The van der Waals surface area contributed by atoms with E-state index in [1.807, 2.05) is 57.3 Å². The monoisotopic (exact) mass is 515 g/mol. The van der Waals surface area contributed by atoms with Gasteiger partial charge in [-0.05, 0) is 93.1 Å². The van der Waals surface area contributed by atoms with Gasteiger partial charge in [0.25, 0.3) is 0 Å². The van der Waals surface area contributed by atoms with Crippen molar-refractivity contribution in [3.05, 3.63) is 76.1 Å². The number of hydrogen-bond donors (Lipinski definition) is 2. The summed E-state index contributed by atoms with van der Waals surface area (Å²) in [5, 5.41) is 3.70. The molecule has 0 amide bonds. The second-order valence-corrected chi connectivity index (χ2v) is 9.74. The van der Waals surface area contributed by atoms with Gasteiger partial charge in [0.1, 0.15) is 28.7 Å². The molecule has 7 nitrogen and oxygen atoms in total. The number of allylic oxidation sites excluding steroid dienone is 1. The molecule has 0 bridgehead atoms. The minimum Gasteiger partial charge on any atom is -0.489 e. The highest BCUT2D eigenvalue weighted by Gasteiger charge is 2.15. The van der Waals surface area contributed by atoms with E-state index < -0.39 is 0 Å². The van der Waals surface area contributed by atoms with Crippen LogP contribution in [0.1, 0.15) is 45.2 Å². The van der Waals surface area contributed by atoms with E-state index in [9.17, 15) is 0 Å². The van der Waals surface area contributed by atoms with Crippen LogP contribution in [0.5, 0.6) is 5.75 Å². The van der Waals surface area contributed by atoms with Crippen LogP contribution in [0, 0.1) is 0 Å². The molecule has 186 valence electrons. The van der Waals surface area contributed by atoms with E-state index in [0.29, 0.717) is 29.6 Å². The Hall–Kier alpha value is -3.03. The van der Waals surface area contributed by atoms with Gasteiger partial charge >= 0.3 is 0 Å². The zero-order valence-corrected chi connectivity index (χ0v) is 22.0. The first-order valence-corrected chi connectivity index (χ1v) is 12.2. The Morgan fingerprint density at radius 1 is 1.11 bits per heavy atom. The van der Waals surface area contributed by atoms with Crippen LogP contribution in [0.4, 0.5) is 17.2 Å². The highest BCUT2D eigenvalue weighted by molar-refractivity contribution is 6.33. The third kappa shape index (κ3) is 8.60. The Morgan fingerprint density at radius 3 is 2.63 bits per heavy atom. The quantitative estimate of drug-likeness (QED) is 0.227. The molecule has 1 aromatic carbocycles. The largest absolute Gasteiger partial charge is 0.489 e. The molecule has 3 N–H and O–H groups in total. The van der Waals surface area contributed by atoms with Crippen LogP contribution < -0.4 is 15.8 Å². The van der Waals surface area contributed by atoms with E-state index in [-0.39, 0.29) is 10.9 Å². The second-order valence-electron chi connectivity index (χ2n) is 8.99. The molecule has 0 saturated heterocycles. The van der Waals surface area contributed by atoms with Gasteiger partial charge in [-0.3, -0.25) is 4.98 Å². The van der Waals surface area contributed by atoms with Gasteiger partial charge in [-0.1, -0.05) is 18.5 Å². The van der Waals surface area contributed by atoms with E-state index >= 15 is 0 Å². The van der Waals surface area contributed by atoms with E-state index in [1.54, 1.807) is 6.20 Å². The van der Waals surface area contributed by atoms with Gasteiger partial charge in [0.05, 0.1) is 11.9 Å². The summed E-state index contributed by atoms with van der Waals surface area (Å²) in [6.07, 6.45) is 9.27. The fourth-order valence-corrected chi connectivity index (χ4v) is 3.66. The van der Waals surface area contributed by atoms with E-state index in [4.69, 9.17) is 38.4 Å². The summed E-state index contributed by atoms with van der Waals surface area (Å²) >= 11 is 12.2. The van der Waals surface area contributed by atoms with Crippen LogP contribution in [0.3, 0.4) is 0 Å². The summed E-state index contributed by atoms with van der Waals surface area (Å²) in [5.74, 6) is 1.99. The number of ether oxygens (including phenoxy) is 2. The molecule has 2 aromatic heterocycles. The second kappa shape index (κ2) is 12.1. The number of benzene rings is 1. The van der Waals surface area contributed by atoms with Crippen LogP contribution in [0.2, 0.25) is 10.3 Å². The molecule has 3 rings (SSSR count). The normalized spacial score (nSPS) is 11.9. The Bertz CT molecular complexity index is 1180. The Morgan fingerprint density at radius 2 is 1.91 bits per heavy atom. The summed E-state index contributed by atoms with van der Waals surface area (Å²) in [7, 11) is 0. The summed E-state index contributed by atoms with van der Waals surface area (Å²) in [6.45, 7) is 8.46. The maximum Gasteiger partial charge on any atom is 0.224 e. The maximum absolute atomic E-state index is 6.23. The highest BCUT2D eigenvalue weighted by Crippen LogP contribution is 2.29.